The molecule has 0 radical (unpaired) electrons. The fourth-order valence-corrected chi connectivity index (χ4v) is 1.88. The molecule has 1 amide bonds. The SMILES string of the molecule is CCCC(C)(O)CNC(=O)CC(C)(C)CC(=O)O. The zero-order valence-corrected chi connectivity index (χ0v) is 11.7. The van der Waals surface area contributed by atoms with Gasteiger partial charge in [0, 0.05) is 13.0 Å². The normalized spacial score (nSPS) is 14.9. The second-order valence-corrected chi connectivity index (χ2v) is 5.94. The van der Waals surface area contributed by atoms with Crippen molar-refractivity contribution in [1.29, 1.82) is 0 Å². The number of hydrogen-bond acceptors (Lipinski definition) is 3. The maximum Gasteiger partial charge on any atom is 0.303 e. The van der Waals surface area contributed by atoms with Crippen molar-refractivity contribution in [2.24, 2.45) is 5.41 Å². The quantitative estimate of drug-likeness (QED) is 0.617. The first-order valence-corrected chi connectivity index (χ1v) is 6.29. The first-order chi connectivity index (χ1) is 8.08. The maximum atomic E-state index is 11.7. The molecule has 1 atom stereocenters. The monoisotopic (exact) mass is 259 g/mol. The van der Waals surface area contributed by atoms with Crippen LogP contribution in [0.1, 0.15) is 53.4 Å². The number of hydrogen-bond donors (Lipinski definition) is 3. The third-order valence-corrected chi connectivity index (χ3v) is 2.72. The summed E-state index contributed by atoms with van der Waals surface area (Å²) in [6.07, 6.45) is 1.55. The van der Waals surface area contributed by atoms with E-state index in [9.17, 15) is 14.7 Å². The number of rotatable bonds is 8. The lowest BCUT2D eigenvalue weighted by molar-refractivity contribution is -0.139. The predicted molar refractivity (Wildman–Crippen MR) is 69.2 cm³/mol. The van der Waals surface area contributed by atoms with Crippen LogP contribution in [0.15, 0.2) is 0 Å². The number of aliphatic hydroxyl groups is 1. The summed E-state index contributed by atoms with van der Waals surface area (Å²) in [6.45, 7) is 7.32. The van der Waals surface area contributed by atoms with E-state index in [0.717, 1.165) is 6.42 Å². The van der Waals surface area contributed by atoms with Gasteiger partial charge < -0.3 is 15.5 Å². The van der Waals surface area contributed by atoms with E-state index in [4.69, 9.17) is 5.11 Å². The zero-order chi connectivity index (χ0) is 14.4. The van der Waals surface area contributed by atoms with Crippen LogP contribution in [0.5, 0.6) is 0 Å². The van der Waals surface area contributed by atoms with Crippen LogP contribution < -0.4 is 5.32 Å². The molecule has 0 aliphatic heterocycles. The van der Waals surface area contributed by atoms with Crippen LogP contribution in [-0.4, -0.2) is 34.2 Å². The Balaban J connectivity index is 4.15. The molecule has 3 N–H and O–H groups in total. The van der Waals surface area contributed by atoms with Crippen LogP contribution in [0.4, 0.5) is 0 Å². The van der Waals surface area contributed by atoms with Crippen molar-refractivity contribution >= 4 is 11.9 Å². The van der Waals surface area contributed by atoms with E-state index in [2.05, 4.69) is 5.32 Å². The Bertz CT molecular complexity index is 297. The lowest BCUT2D eigenvalue weighted by atomic mass is 9.85. The van der Waals surface area contributed by atoms with Gasteiger partial charge in [0.2, 0.25) is 5.91 Å². The fraction of sp³-hybridized carbons (Fsp3) is 0.846. The van der Waals surface area contributed by atoms with Gasteiger partial charge in [0.05, 0.1) is 12.0 Å². The molecule has 18 heavy (non-hydrogen) atoms. The average Bonchev–Trinajstić information content (AvgIpc) is 2.11. The van der Waals surface area contributed by atoms with Crippen molar-refractivity contribution in [2.45, 2.75) is 59.0 Å². The summed E-state index contributed by atoms with van der Waals surface area (Å²) in [5, 5.41) is 21.3. The van der Waals surface area contributed by atoms with Crippen molar-refractivity contribution in [3.8, 4) is 0 Å². The molecule has 0 saturated carbocycles. The van der Waals surface area contributed by atoms with Gasteiger partial charge >= 0.3 is 5.97 Å². The second-order valence-electron chi connectivity index (χ2n) is 5.94. The molecule has 0 aromatic rings. The van der Waals surface area contributed by atoms with Crippen LogP contribution >= 0.6 is 0 Å². The lowest BCUT2D eigenvalue weighted by Crippen LogP contribution is -2.41. The molecule has 0 saturated heterocycles. The van der Waals surface area contributed by atoms with Crippen LogP contribution in [0.25, 0.3) is 0 Å². The smallest absolute Gasteiger partial charge is 0.303 e. The van der Waals surface area contributed by atoms with Crippen molar-refractivity contribution < 1.29 is 19.8 Å². The minimum absolute atomic E-state index is 0.0498. The molecule has 5 nitrogen and oxygen atoms in total. The summed E-state index contributed by atoms with van der Waals surface area (Å²) in [5.41, 5.74) is -1.48. The molecule has 0 aliphatic rings. The van der Waals surface area contributed by atoms with Crippen molar-refractivity contribution in [2.75, 3.05) is 6.54 Å². The summed E-state index contributed by atoms with van der Waals surface area (Å²) in [7, 11) is 0. The van der Waals surface area contributed by atoms with Crippen LogP contribution in [0.2, 0.25) is 0 Å². The molecule has 0 aliphatic carbocycles. The Hall–Kier alpha value is -1.10. The molecule has 0 aromatic heterocycles. The molecular weight excluding hydrogens is 234 g/mol. The third kappa shape index (κ3) is 8.06. The molecule has 5 heteroatoms. The summed E-state index contributed by atoms with van der Waals surface area (Å²) in [6, 6.07) is 0. The van der Waals surface area contributed by atoms with E-state index >= 15 is 0 Å². The molecule has 0 rings (SSSR count). The number of amides is 1. The van der Waals surface area contributed by atoms with Gasteiger partial charge in [-0.15, -0.1) is 0 Å². The molecule has 0 fully saturated rings. The van der Waals surface area contributed by atoms with Crippen LogP contribution in [0, 0.1) is 5.41 Å². The van der Waals surface area contributed by atoms with Gasteiger partial charge in [0.1, 0.15) is 0 Å². The minimum atomic E-state index is -0.911. The van der Waals surface area contributed by atoms with E-state index in [0.29, 0.717) is 6.42 Å². The summed E-state index contributed by atoms with van der Waals surface area (Å²) in [4.78, 5) is 22.3. The number of nitrogens with one attached hydrogen (secondary N) is 1. The number of carboxylic acids is 1. The number of aliphatic carboxylic acids is 1. The molecule has 1 unspecified atom stereocenters. The predicted octanol–water partition coefficient (Wildman–Crippen LogP) is 1.54. The molecule has 0 aromatic carbocycles. The molecule has 0 spiro atoms. The summed E-state index contributed by atoms with van der Waals surface area (Å²) >= 11 is 0. The number of carbonyl (C=O) groups is 2. The van der Waals surface area contributed by atoms with E-state index < -0.39 is 17.0 Å². The Labute approximate surface area is 109 Å². The van der Waals surface area contributed by atoms with Gasteiger partial charge in [-0.2, -0.15) is 0 Å². The van der Waals surface area contributed by atoms with Gasteiger partial charge in [0.25, 0.3) is 0 Å². The van der Waals surface area contributed by atoms with Crippen LogP contribution in [0.3, 0.4) is 0 Å². The third-order valence-electron chi connectivity index (χ3n) is 2.72. The maximum absolute atomic E-state index is 11.7. The molecule has 106 valence electrons. The zero-order valence-electron chi connectivity index (χ0n) is 11.7. The van der Waals surface area contributed by atoms with Gasteiger partial charge in [-0.25, -0.2) is 0 Å². The fourth-order valence-electron chi connectivity index (χ4n) is 1.88. The Kier molecular flexibility index (Phi) is 6.32. The second kappa shape index (κ2) is 6.73. The van der Waals surface area contributed by atoms with Gasteiger partial charge in [-0.1, -0.05) is 27.2 Å². The average molecular weight is 259 g/mol. The Morgan fingerprint density at radius 1 is 1.17 bits per heavy atom. The highest BCUT2D eigenvalue weighted by atomic mass is 16.4. The van der Waals surface area contributed by atoms with Crippen molar-refractivity contribution in [3.63, 3.8) is 0 Å². The summed E-state index contributed by atoms with van der Waals surface area (Å²) in [5.74, 6) is -1.14. The number of carboxylic acid groups (broad SMARTS) is 1. The standard InChI is InChI=1S/C13H25NO4/c1-5-6-13(4,18)9-14-10(15)7-12(2,3)8-11(16)17/h18H,5-9H2,1-4H3,(H,14,15)(H,16,17). The van der Waals surface area contributed by atoms with Crippen LogP contribution in [-0.2, 0) is 9.59 Å². The van der Waals surface area contributed by atoms with Gasteiger partial charge in [0.15, 0.2) is 0 Å². The van der Waals surface area contributed by atoms with E-state index in [1.807, 2.05) is 6.92 Å². The largest absolute Gasteiger partial charge is 0.481 e. The molecular formula is C13H25NO4. The topological polar surface area (TPSA) is 86.6 Å². The Morgan fingerprint density at radius 2 is 1.72 bits per heavy atom. The minimum Gasteiger partial charge on any atom is -0.481 e. The van der Waals surface area contributed by atoms with Gasteiger partial charge in [-0.3, -0.25) is 9.59 Å². The van der Waals surface area contributed by atoms with Crippen molar-refractivity contribution in [1.82, 2.24) is 5.32 Å². The number of carbonyl (C=O) groups excluding carboxylic acids is 1. The highest BCUT2D eigenvalue weighted by molar-refractivity contribution is 5.77. The molecule has 0 bridgehead atoms. The van der Waals surface area contributed by atoms with Crippen molar-refractivity contribution in [3.05, 3.63) is 0 Å². The summed E-state index contributed by atoms with van der Waals surface area (Å²) < 4.78 is 0. The first-order valence-electron chi connectivity index (χ1n) is 6.29. The van der Waals surface area contributed by atoms with E-state index in [1.165, 1.54) is 0 Å². The van der Waals surface area contributed by atoms with E-state index in [-0.39, 0.29) is 25.3 Å². The van der Waals surface area contributed by atoms with E-state index in [1.54, 1.807) is 20.8 Å². The molecule has 0 heterocycles. The highest BCUT2D eigenvalue weighted by Crippen LogP contribution is 2.24. The van der Waals surface area contributed by atoms with Gasteiger partial charge in [-0.05, 0) is 18.8 Å². The first kappa shape index (κ1) is 16.9. The Morgan fingerprint density at radius 3 is 2.17 bits per heavy atom. The highest BCUT2D eigenvalue weighted by Gasteiger charge is 2.26. The lowest BCUT2D eigenvalue weighted by Gasteiger charge is -2.25.